The average Bonchev–Trinajstić information content (AvgIpc) is 2.46. The second-order valence-corrected chi connectivity index (χ2v) is 4.70. The third-order valence-electron chi connectivity index (χ3n) is 3.02. The number of aldehydes is 1. The Balaban J connectivity index is 1.90. The quantitative estimate of drug-likeness (QED) is 0.456. The van der Waals surface area contributed by atoms with E-state index in [9.17, 15) is 4.79 Å². The number of benzene rings is 2. The van der Waals surface area contributed by atoms with Crippen LogP contribution in [0.25, 0.3) is 0 Å². The van der Waals surface area contributed by atoms with E-state index >= 15 is 0 Å². The molecule has 0 heterocycles. The van der Waals surface area contributed by atoms with Crippen LogP contribution in [0.4, 0.5) is 0 Å². The summed E-state index contributed by atoms with van der Waals surface area (Å²) in [7, 11) is 0. The molecule has 2 aromatic carbocycles. The molecule has 0 fully saturated rings. The van der Waals surface area contributed by atoms with Crippen LogP contribution >= 0.6 is 0 Å². The standard InChI is InChI=1S/C17H18O3/c1-13-8-16(10-18)9-14(2)17(13)20-12-19-11-15-6-4-3-5-7-15/h3-10H,11-12H2,1-2H3. The molecule has 0 saturated carbocycles. The van der Waals surface area contributed by atoms with E-state index in [0.29, 0.717) is 12.2 Å². The Morgan fingerprint density at radius 2 is 1.70 bits per heavy atom. The molecule has 0 spiro atoms. The van der Waals surface area contributed by atoms with Gasteiger partial charge in [-0.2, -0.15) is 0 Å². The summed E-state index contributed by atoms with van der Waals surface area (Å²) >= 11 is 0. The van der Waals surface area contributed by atoms with E-state index < -0.39 is 0 Å². The third kappa shape index (κ3) is 3.68. The van der Waals surface area contributed by atoms with Gasteiger partial charge in [0.2, 0.25) is 0 Å². The smallest absolute Gasteiger partial charge is 0.189 e. The fourth-order valence-electron chi connectivity index (χ4n) is 2.11. The Kier molecular flexibility index (Phi) is 4.91. The lowest BCUT2D eigenvalue weighted by Crippen LogP contribution is -2.05. The van der Waals surface area contributed by atoms with Crippen molar-refractivity contribution >= 4 is 6.29 Å². The highest BCUT2D eigenvalue weighted by atomic mass is 16.7. The maximum Gasteiger partial charge on any atom is 0.189 e. The van der Waals surface area contributed by atoms with Crippen molar-refractivity contribution in [3.63, 3.8) is 0 Å². The lowest BCUT2D eigenvalue weighted by molar-refractivity contribution is 0.00431. The molecule has 0 N–H and O–H groups in total. The van der Waals surface area contributed by atoms with Crippen molar-refractivity contribution in [3.05, 3.63) is 64.7 Å². The summed E-state index contributed by atoms with van der Waals surface area (Å²) in [5.74, 6) is 0.781. The van der Waals surface area contributed by atoms with Gasteiger partial charge in [0.1, 0.15) is 12.0 Å². The summed E-state index contributed by atoms with van der Waals surface area (Å²) in [5.41, 5.74) is 3.66. The zero-order valence-electron chi connectivity index (χ0n) is 11.8. The van der Waals surface area contributed by atoms with Crippen molar-refractivity contribution < 1.29 is 14.3 Å². The van der Waals surface area contributed by atoms with Gasteiger partial charge in [0.15, 0.2) is 6.79 Å². The Morgan fingerprint density at radius 3 is 2.30 bits per heavy atom. The van der Waals surface area contributed by atoms with E-state index in [4.69, 9.17) is 9.47 Å². The van der Waals surface area contributed by atoms with Gasteiger partial charge in [-0.1, -0.05) is 30.3 Å². The van der Waals surface area contributed by atoms with Crippen molar-refractivity contribution in [2.75, 3.05) is 6.79 Å². The average molecular weight is 270 g/mol. The molecule has 0 bridgehead atoms. The lowest BCUT2D eigenvalue weighted by Gasteiger charge is -2.13. The molecule has 3 heteroatoms. The minimum Gasteiger partial charge on any atom is -0.467 e. The molecular formula is C17H18O3. The molecule has 20 heavy (non-hydrogen) atoms. The first kappa shape index (κ1) is 14.3. The normalized spacial score (nSPS) is 10.3. The zero-order chi connectivity index (χ0) is 14.4. The van der Waals surface area contributed by atoms with Crippen molar-refractivity contribution in [1.82, 2.24) is 0 Å². The summed E-state index contributed by atoms with van der Waals surface area (Å²) < 4.78 is 11.1. The van der Waals surface area contributed by atoms with Crippen LogP contribution in [0.5, 0.6) is 5.75 Å². The molecule has 104 valence electrons. The highest BCUT2D eigenvalue weighted by molar-refractivity contribution is 5.76. The molecule has 0 aromatic heterocycles. The predicted molar refractivity (Wildman–Crippen MR) is 78.0 cm³/mol. The van der Waals surface area contributed by atoms with Crippen molar-refractivity contribution in [2.45, 2.75) is 20.5 Å². The first-order chi connectivity index (χ1) is 9.70. The first-order valence-corrected chi connectivity index (χ1v) is 6.51. The summed E-state index contributed by atoms with van der Waals surface area (Å²) in [5, 5.41) is 0. The van der Waals surface area contributed by atoms with Crippen molar-refractivity contribution in [1.29, 1.82) is 0 Å². The molecule has 0 aliphatic heterocycles. The van der Waals surface area contributed by atoms with Crippen LogP contribution in [0.2, 0.25) is 0 Å². The predicted octanol–water partition coefficient (Wildman–Crippen LogP) is 3.67. The van der Waals surface area contributed by atoms with Gasteiger partial charge in [0.05, 0.1) is 6.61 Å². The Hall–Kier alpha value is -2.13. The van der Waals surface area contributed by atoms with Crippen molar-refractivity contribution in [3.8, 4) is 5.75 Å². The Morgan fingerprint density at radius 1 is 1.05 bits per heavy atom. The summed E-state index contributed by atoms with van der Waals surface area (Å²) in [6, 6.07) is 13.6. The Labute approximate surface area is 119 Å². The molecule has 0 aliphatic carbocycles. The van der Waals surface area contributed by atoms with E-state index in [2.05, 4.69) is 0 Å². The second-order valence-electron chi connectivity index (χ2n) is 4.70. The molecule has 0 aliphatic rings. The number of carbonyl (C=O) groups is 1. The maximum atomic E-state index is 10.8. The van der Waals surface area contributed by atoms with E-state index in [1.165, 1.54) is 0 Å². The van der Waals surface area contributed by atoms with Gasteiger partial charge in [-0.15, -0.1) is 0 Å². The second kappa shape index (κ2) is 6.87. The highest BCUT2D eigenvalue weighted by Gasteiger charge is 2.06. The minimum absolute atomic E-state index is 0.191. The monoisotopic (exact) mass is 270 g/mol. The van der Waals surface area contributed by atoms with E-state index in [1.54, 1.807) is 0 Å². The number of hydrogen-bond donors (Lipinski definition) is 0. The van der Waals surface area contributed by atoms with Crippen molar-refractivity contribution in [2.24, 2.45) is 0 Å². The van der Waals surface area contributed by atoms with Gasteiger partial charge in [-0.05, 0) is 42.7 Å². The van der Waals surface area contributed by atoms with E-state index in [0.717, 1.165) is 28.7 Å². The van der Waals surface area contributed by atoms with Crippen LogP contribution in [0.3, 0.4) is 0 Å². The van der Waals surface area contributed by atoms with E-state index in [-0.39, 0.29) is 6.79 Å². The molecule has 0 amide bonds. The SMILES string of the molecule is Cc1cc(C=O)cc(C)c1OCOCc1ccccc1. The number of ether oxygens (including phenoxy) is 2. The largest absolute Gasteiger partial charge is 0.467 e. The summed E-state index contributed by atoms with van der Waals surface area (Å²) in [6.45, 7) is 4.56. The molecule has 0 radical (unpaired) electrons. The molecule has 2 rings (SSSR count). The molecule has 0 atom stereocenters. The Bertz CT molecular complexity index is 553. The van der Waals surface area contributed by atoms with Crippen LogP contribution in [0, 0.1) is 13.8 Å². The van der Waals surface area contributed by atoms with E-state index in [1.807, 2.05) is 56.3 Å². The fraction of sp³-hybridized carbons (Fsp3) is 0.235. The number of aryl methyl sites for hydroxylation is 2. The fourth-order valence-corrected chi connectivity index (χ4v) is 2.11. The van der Waals surface area contributed by atoms with Gasteiger partial charge in [0, 0.05) is 5.56 Å². The van der Waals surface area contributed by atoms with Crippen LogP contribution in [-0.2, 0) is 11.3 Å². The number of hydrogen-bond acceptors (Lipinski definition) is 3. The zero-order valence-corrected chi connectivity index (χ0v) is 11.8. The highest BCUT2D eigenvalue weighted by Crippen LogP contribution is 2.24. The van der Waals surface area contributed by atoms with Crippen LogP contribution in [-0.4, -0.2) is 13.1 Å². The van der Waals surface area contributed by atoms with Gasteiger partial charge in [0.25, 0.3) is 0 Å². The summed E-state index contributed by atoms with van der Waals surface area (Å²) in [4.78, 5) is 10.8. The molecular weight excluding hydrogens is 252 g/mol. The molecule has 0 unspecified atom stereocenters. The molecule has 0 saturated heterocycles. The lowest BCUT2D eigenvalue weighted by atomic mass is 10.1. The van der Waals surface area contributed by atoms with Crippen LogP contribution in [0.15, 0.2) is 42.5 Å². The van der Waals surface area contributed by atoms with Gasteiger partial charge in [-0.25, -0.2) is 0 Å². The maximum absolute atomic E-state index is 10.8. The van der Waals surface area contributed by atoms with Crippen LogP contribution < -0.4 is 4.74 Å². The van der Waals surface area contributed by atoms with Gasteiger partial charge < -0.3 is 9.47 Å². The molecule has 3 nitrogen and oxygen atoms in total. The number of carbonyl (C=O) groups excluding carboxylic acids is 1. The van der Waals surface area contributed by atoms with Crippen LogP contribution in [0.1, 0.15) is 27.0 Å². The number of rotatable bonds is 6. The summed E-state index contributed by atoms with van der Waals surface area (Å²) in [6.07, 6.45) is 0.843. The first-order valence-electron chi connectivity index (χ1n) is 6.51. The third-order valence-corrected chi connectivity index (χ3v) is 3.02. The van der Waals surface area contributed by atoms with Gasteiger partial charge >= 0.3 is 0 Å². The molecule has 2 aromatic rings. The topological polar surface area (TPSA) is 35.5 Å². The minimum atomic E-state index is 0.191. The van der Waals surface area contributed by atoms with Gasteiger partial charge in [-0.3, -0.25) is 4.79 Å².